The van der Waals surface area contributed by atoms with Crippen molar-refractivity contribution in [1.82, 2.24) is 24.6 Å². The van der Waals surface area contributed by atoms with Gasteiger partial charge in [-0.2, -0.15) is 5.10 Å². The zero-order valence-corrected chi connectivity index (χ0v) is 18.1. The molecule has 0 fully saturated rings. The second kappa shape index (κ2) is 10.3. The van der Waals surface area contributed by atoms with Crippen molar-refractivity contribution >= 4 is 17.9 Å². The third-order valence-corrected chi connectivity index (χ3v) is 4.97. The van der Waals surface area contributed by atoms with Crippen molar-refractivity contribution in [2.45, 2.75) is 13.8 Å². The molecule has 160 valence electrons. The second-order valence-corrected chi connectivity index (χ2v) is 7.05. The summed E-state index contributed by atoms with van der Waals surface area (Å²) in [6, 6.07) is 13.5. The van der Waals surface area contributed by atoms with Crippen LogP contribution in [0, 0.1) is 0 Å². The third kappa shape index (κ3) is 5.45. The molecule has 2 heterocycles. The van der Waals surface area contributed by atoms with Gasteiger partial charge in [-0.15, -0.1) is 0 Å². The molecule has 7 nitrogen and oxygen atoms in total. The van der Waals surface area contributed by atoms with E-state index in [2.05, 4.69) is 4.98 Å². The van der Waals surface area contributed by atoms with E-state index in [0.29, 0.717) is 13.1 Å². The average molecular weight is 418 g/mol. The molecule has 0 radical (unpaired) electrons. The van der Waals surface area contributed by atoms with Crippen LogP contribution < -0.4 is 0 Å². The number of carbonyl (C=O) groups excluding carboxylic acids is 2. The molecule has 0 spiro atoms. The molecular weight excluding hydrogens is 390 g/mol. The van der Waals surface area contributed by atoms with Crippen molar-refractivity contribution in [1.29, 1.82) is 0 Å². The summed E-state index contributed by atoms with van der Waals surface area (Å²) >= 11 is 0. The Hall–Kier alpha value is -3.74. The molecule has 2 amide bonds. The van der Waals surface area contributed by atoms with E-state index in [4.69, 9.17) is 5.10 Å². The lowest BCUT2D eigenvalue weighted by Gasteiger charge is -2.22. The highest BCUT2D eigenvalue weighted by Crippen LogP contribution is 2.24. The first-order chi connectivity index (χ1) is 15.0. The van der Waals surface area contributed by atoms with Crippen LogP contribution in [0.1, 0.15) is 19.4 Å². The summed E-state index contributed by atoms with van der Waals surface area (Å²) in [5.41, 5.74) is 3.28. The van der Waals surface area contributed by atoms with Gasteiger partial charge in [0.05, 0.1) is 12.2 Å². The molecule has 0 unspecified atom stereocenters. The van der Waals surface area contributed by atoms with Crippen LogP contribution in [0.3, 0.4) is 0 Å². The fraction of sp³-hybridized carbons (Fsp3) is 0.250. The average Bonchev–Trinajstić information content (AvgIpc) is 3.23. The van der Waals surface area contributed by atoms with Gasteiger partial charge in [0.1, 0.15) is 5.69 Å². The van der Waals surface area contributed by atoms with Gasteiger partial charge in [-0.05, 0) is 44.2 Å². The Morgan fingerprint density at radius 1 is 1.06 bits per heavy atom. The number of rotatable bonds is 8. The molecule has 0 saturated heterocycles. The molecule has 3 rings (SSSR count). The Morgan fingerprint density at radius 3 is 2.45 bits per heavy atom. The monoisotopic (exact) mass is 417 g/mol. The van der Waals surface area contributed by atoms with Crippen LogP contribution in [0.25, 0.3) is 23.0 Å². The van der Waals surface area contributed by atoms with Gasteiger partial charge in [-0.3, -0.25) is 14.6 Å². The zero-order valence-electron chi connectivity index (χ0n) is 18.1. The van der Waals surface area contributed by atoms with Gasteiger partial charge in [-0.1, -0.05) is 18.2 Å². The summed E-state index contributed by atoms with van der Waals surface area (Å²) < 4.78 is 1.78. The normalized spacial score (nSPS) is 10.9. The quantitative estimate of drug-likeness (QED) is 0.528. The maximum Gasteiger partial charge on any atom is 0.246 e. The number of hydrogen-bond donors (Lipinski definition) is 0. The SMILES string of the molecule is CCN(CC)C(=O)CN(C)C(=O)/C=C/c1cn(-c2ccccc2)nc1-c1cccnc1. The number of likely N-dealkylation sites (N-methyl/N-ethyl adjacent to an activating group) is 2. The van der Waals surface area contributed by atoms with E-state index in [-0.39, 0.29) is 18.4 Å². The van der Waals surface area contributed by atoms with E-state index >= 15 is 0 Å². The van der Waals surface area contributed by atoms with Crippen LogP contribution >= 0.6 is 0 Å². The standard InChI is InChI=1S/C24H27N5O2/c1-4-28(5-2)23(31)18-27(3)22(30)14-13-20-17-29(21-11-7-6-8-12-21)26-24(20)19-10-9-15-25-16-19/h6-17H,4-5,18H2,1-3H3/b14-13+. The molecule has 0 aliphatic rings. The molecular formula is C24H27N5O2. The van der Waals surface area contributed by atoms with Gasteiger partial charge in [0.2, 0.25) is 11.8 Å². The summed E-state index contributed by atoms with van der Waals surface area (Å²) in [7, 11) is 1.63. The fourth-order valence-corrected chi connectivity index (χ4v) is 3.19. The van der Waals surface area contributed by atoms with Gasteiger partial charge in [-0.25, -0.2) is 4.68 Å². The van der Waals surface area contributed by atoms with Crippen molar-refractivity contribution in [2.24, 2.45) is 0 Å². The number of amides is 2. The number of hydrogen-bond acceptors (Lipinski definition) is 4. The van der Waals surface area contributed by atoms with Crippen LogP contribution in [0.15, 0.2) is 67.1 Å². The van der Waals surface area contributed by atoms with E-state index in [1.165, 1.54) is 11.0 Å². The number of pyridine rings is 1. The Balaban J connectivity index is 1.84. The molecule has 0 aliphatic heterocycles. The maximum absolute atomic E-state index is 12.6. The Labute approximate surface area is 182 Å². The van der Waals surface area contributed by atoms with Crippen LogP contribution in [0.2, 0.25) is 0 Å². The van der Waals surface area contributed by atoms with Crippen molar-refractivity contribution < 1.29 is 9.59 Å². The summed E-state index contributed by atoms with van der Waals surface area (Å²) in [5, 5.41) is 4.71. The minimum absolute atomic E-state index is 0.0452. The topological polar surface area (TPSA) is 71.3 Å². The number of carbonyl (C=O) groups is 2. The summed E-state index contributed by atoms with van der Waals surface area (Å²) in [5.74, 6) is -0.313. The maximum atomic E-state index is 12.6. The Bertz CT molecular complexity index is 1040. The summed E-state index contributed by atoms with van der Waals surface area (Å²) in [6.07, 6.45) is 8.53. The molecule has 0 aliphatic carbocycles. The fourth-order valence-electron chi connectivity index (χ4n) is 3.19. The van der Waals surface area contributed by atoms with Crippen LogP contribution in [-0.4, -0.2) is 63.1 Å². The van der Waals surface area contributed by atoms with E-state index in [0.717, 1.165) is 22.5 Å². The minimum atomic E-state index is -0.245. The van der Waals surface area contributed by atoms with E-state index < -0.39 is 0 Å². The van der Waals surface area contributed by atoms with Crippen LogP contribution in [0.4, 0.5) is 0 Å². The van der Waals surface area contributed by atoms with Crippen LogP contribution in [-0.2, 0) is 9.59 Å². The van der Waals surface area contributed by atoms with Gasteiger partial charge in [0.25, 0.3) is 0 Å². The minimum Gasteiger partial charge on any atom is -0.342 e. The predicted octanol–water partition coefficient (Wildman–Crippen LogP) is 3.27. The second-order valence-electron chi connectivity index (χ2n) is 7.05. The van der Waals surface area contributed by atoms with Crippen molar-refractivity contribution in [3.05, 3.63) is 72.7 Å². The largest absolute Gasteiger partial charge is 0.342 e. The molecule has 0 saturated carbocycles. The molecule has 31 heavy (non-hydrogen) atoms. The molecule has 7 heteroatoms. The van der Waals surface area contributed by atoms with Gasteiger partial charge in [0.15, 0.2) is 0 Å². The lowest BCUT2D eigenvalue weighted by atomic mass is 10.1. The van der Waals surface area contributed by atoms with Gasteiger partial charge < -0.3 is 9.80 Å². The third-order valence-electron chi connectivity index (χ3n) is 4.97. The smallest absolute Gasteiger partial charge is 0.246 e. The number of nitrogens with zero attached hydrogens (tertiary/aromatic N) is 5. The van der Waals surface area contributed by atoms with E-state index in [1.807, 2.05) is 62.5 Å². The first-order valence-electron chi connectivity index (χ1n) is 10.3. The molecule has 2 aromatic heterocycles. The van der Waals surface area contributed by atoms with Crippen LogP contribution in [0.5, 0.6) is 0 Å². The molecule has 3 aromatic rings. The summed E-state index contributed by atoms with van der Waals surface area (Å²) in [4.78, 5) is 32.2. The Kier molecular flexibility index (Phi) is 7.32. The highest BCUT2D eigenvalue weighted by molar-refractivity contribution is 5.95. The highest BCUT2D eigenvalue weighted by Gasteiger charge is 2.16. The number of para-hydroxylation sites is 1. The number of benzene rings is 1. The first kappa shape index (κ1) is 22.0. The zero-order chi connectivity index (χ0) is 22.2. The lowest BCUT2D eigenvalue weighted by molar-refractivity contribution is -0.136. The van der Waals surface area contributed by atoms with Crippen molar-refractivity contribution in [2.75, 3.05) is 26.7 Å². The molecule has 0 bridgehead atoms. The van der Waals surface area contributed by atoms with E-state index in [9.17, 15) is 9.59 Å². The highest BCUT2D eigenvalue weighted by atomic mass is 16.2. The molecule has 0 atom stereocenters. The summed E-state index contributed by atoms with van der Waals surface area (Å²) in [6.45, 7) is 5.14. The van der Waals surface area contributed by atoms with Crippen molar-refractivity contribution in [3.63, 3.8) is 0 Å². The van der Waals surface area contributed by atoms with E-state index in [1.54, 1.807) is 35.1 Å². The Morgan fingerprint density at radius 2 is 1.81 bits per heavy atom. The molecule has 0 N–H and O–H groups in total. The first-order valence-corrected chi connectivity index (χ1v) is 10.3. The number of aromatic nitrogens is 3. The lowest BCUT2D eigenvalue weighted by Crippen LogP contribution is -2.40. The van der Waals surface area contributed by atoms with Gasteiger partial charge in [0, 0.05) is 55.9 Å². The molecule has 1 aromatic carbocycles. The van der Waals surface area contributed by atoms with Gasteiger partial charge >= 0.3 is 0 Å². The van der Waals surface area contributed by atoms with Crippen molar-refractivity contribution in [3.8, 4) is 16.9 Å². The predicted molar refractivity (Wildman–Crippen MR) is 121 cm³/mol.